The van der Waals surface area contributed by atoms with Crippen LogP contribution >= 0.6 is 0 Å². The van der Waals surface area contributed by atoms with Gasteiger partial charge in [0.2, 0.25) is 10.0 Å². The molecule has 0 saturated carbocycles. The summed E-state index contributed by atoms with van der Waals surface area (Å²) in [6.45, 7) is 6.51. The lowest BCUT2D eigenvalue weighted by Gasteiger charge is -2.28. The Balaban J connectivity index is 3.09. The van der Waals surface area contributed by atoms with Gasteiger partial charge in [-0.05, 0) is 52.4 Å². The van der Waals surface area contributed by atoms with Crippen LogP contribution < -0.4 is 4.31 Å². The van der Waals surface area contributed by atoms with Crippen LogP contribution in [0.5, 0.6) is 0 Å². The molecule has 1 atom stereocenters. The Bertz CT molecular complexity index is 533. The fraction of sp³-hybridized carbons (Fsp3) is 0.600. The summed E-state index contributed by atoms with van der Waals surface area (Å²) in [6, 6.07) is 6.20. The molecule has 0 fully saturated rings. The number of rotatable bonds is 6. The molecule has 1 unspecified atom stereocenters. The standard InChI is InChI=1S/C15H26N2O2S/c1-12-8-7-9-13(2)15(12)17(20(6,18)19)11-10-14(3)16(4)5/h7-9,14H,10-11H2,1-6H3. The molecule has 0 bridgehead atoms. The van der Waals surface area contributed by atoms with Gasteiger partial charge in [0.1, 0.15) is 0 Å². The van der Waals surface area contributed by atoms with E-state index in [1.165, 1.54) is 10.6 Å². The quantitative estimate of drug-likeness (QED) is 0.810. The highest BCUT2D eigenvalue weighted by Crippen LogP contribution is 2.27. The average molecular weight is 298 g/mol. The SMILES string of the molecule is Cc1cccc(C)c1N(CCC(C)N(C)C)S(C)(=O)=O. The normalized spacial score (nSPS) is 13.6. The predicted molar refractivity (Wildman–Crippen MR) is 85.9 cm³/mol. The number of para-hydroxylation sites is 1. The van der Waals surface area contributed by atoms with Gasteiger partial charge in [0.05, 0.1) is 11.9 Å². The number of benzene rings is 1. The number of hydrogen-bond acceptors (Lipinski definition) is 3. The second-order valence-electron chi connectivity index (χ2n) is 5.68. The van der Waals surface area contributed by atoms with Crippen molar-refractivity contribution >= 4 is 15.7 Å². The number of hydrogen-bond donors (Lipinski definition) is 0. The largest absolute Gasteiger partial charge is 0.307 e. The monoisotopic (exact) mass is 298 g/mol. The van der Waals surface area contributed by atoms with Gasteiger partial charge in [-0.15, -0.1) is 0 Å². The molecule has 0 aliphatic heterocycles. The molecule has 1 aromatic rings. The topological polar surface area (TPSA) is 40.6 Å². The van der Waals surface area contributed by atoms with Crippen LogP contribution in [0.4, 0.5) is 5.69 Å². The Morgan fingerprint density at radius 3 is 2.05 bits per heavy atom. The van der Waals surface area contributed by atoms with Gasteiger partial charge in [-0.25, -0.2) is 8.42 Å². The summed E-state index contributed by atoms with van der Waals surface area (Å²) in [7, 11) is 0.747. The molecular formula is C15H26N2O2S. The second-order valence-corrected chi connectivity index (χ2v) is 7.58. The molecule has 0 aromatic heterocycles. The maximum atomic E-state index is 12.1. The molecule has 20 heavy (non-hydrogen) atoms. The maximum Gasteiger partial charge on any atom is 0.232 e. The summed E-state index contributed by atoms with van der Waals surface area (Å²) >= 11 is 0. The molecule has 0 radical (unpaired) electrons. The van der Waals surface area contributed by atoms with Gasteiger partial charge >= 0.3 is 0 Å². The minimum absolute atomic E-state index is 0.337. The molecule has 0 spiro atoms. The van der Waals surface area contributed by atoms with Crippen LogP contribution in [0.1, 0.15) is 24.5 Å². The van der Waals surface area contributed by atoms with Crippen molar-refractivity contribution in [3.8, 4) is 0 Å². The molecule has 114 valence electrons. The van der Waals surface area contributed by atoms with Crippen molar-refractivity contribution in [1.82, 2.24) is 4.90 Å². The molecule has 1 aromatic carbocycles. The first-order valence-corrected chi connectivity index (χ1v) is 8.69. The molecule has 0 amide bonds. The average Bonchev–Trinajstić information content (AvgIpc) is 2.30. The van der Waals surface area contributed by atoms with Crippen molar-refractivity contribution in [2.75, 3.05) is 31.2 Å². The zero-order valence-electron chi connectivity index (χ0n) is 13.3. The fourth-order valence-electron chi connectivity index (χ4n) is 2.20. The van der Waals surface area contributed by atoms with Crippen molar-refractivity contribution in [3.63, 3.8) is 0 Å². The Hall–Kier alpha value is -1.07. The first-order chi connectivity index (χ1) is 9.14. The van der Waals surface area contributed by atoms with Gasteiger partial charge in [0, 0.05) is 12.6 Å². The third-order valence-corrected chi connectivity index (χ3v) is 4.89. The highest BCUT2D eigenvalue weighted by molar-refractivity contribution is 7.92. The van der Waals surface area contributed by atoms with E-state index in [-0.39, 0.29) is 0 Å². The van der Waals surface area contributed by atoms with Crippen LogP contribution in [0, 0.1) is 13.8 Å². The van der Waals surface area contributed by atoms with Crippen molar-refractivity contribution in [2.45, 2.75) is 33.2 Å². The van der Waals surface area contributed by atoms with Gasteiger partial charge in [-0.2, -0.15) is 0 Å². The Labute approximate surface area is 123 Å². The van der Waals surface area contributed by atoms with Crippen LogP contribution in [0.2, 0.25) is 0 Å². The third kappa shape index (κ3) is 4.21. The number of sulfonamides is 1. The van der Waals surface area contributed by atoms with Crippen LogP contribution in [0.3, 0.4) is 0 Å². The summed E-state index contributed by atoms with van der Waals surface area (Å²) in [5, 5.41) is 0. The van der Waals surface area contributed by atoms with Crippen molar-refractivity contribution < 1.29 is 8.42 Å². The van der Waals surface area contributed by atoms with E-state index in [4.69, 9.17) is 0 Å². The van der Waals surface area contributed by atoms with E-state index in [9.17, 15) is 8.42 Å². The van der Waals surface area contributed by atoms with E-state index in [2.05, 4.69) is 11.8 Å². The van der Waals surface area contributed by atoms with Gasteiger partial charge in [-0.3, -0.25) is 4.31 Å². The summed E-state index contributed by atoms with van der Waals surface area (Å²) in [6.07, 6.45) is 2.08. The first-order valence-electron chi connectivity index (χ1n) is 6.85. The highest BCUT2D eigenvalue weighted by atomic mass is 32.2. The van der Waals surface area contributed by atoms with Crippen molar-refractivity contribution in [3.05, 3.63) is 29.3 Å². The highest BCUT2D eigenvalue weighted by Gasteiger charge is 2.21. The van der Waals surface area contributed by atoms with E-state index < -0.39 is 10.0 Å². The zero-order chi connectivity index (χ0) is 15.5. The van der Waals surface area contributed by atoms with E-state index in [1.807, 2.05) is 46.1 Å². The summed E-state index contributed by atoms with van der Waals surface area (Å²) in [5.41, 5.74) is 2.81. The van der Waals surface area contributed by atoms with Crippen molar-refractivity contribution in [2.24, 2.45) is 0 Å². The van der Waals surface area contributed by atoms with E-state index in [0.717, 1.165) is 23.2 Å². The Kier molecular flexibility index (Phi) is 5.59. The molecule has 1 rings (SSSR count). The third-order valence-electron chi connectivity index (χ3n) is 3.72. The predicted octanol–water partition coefficient (Wildman–Crippen LogP) is 2.41. The van der Waals surface area contributed by atoms with E-state index in [0.29, 0.717) is 12.6 Å². The van der Waals surface area contributed by atoms with Crippen LogP contribution in [0.25, 0.3) is 0 Å². The van der Waals surface area contributed by atoms with Crippen LogP contribution in [-0.2, 0) is 10.0 Å². The lowest BCUT2D eigenvalue weighted by Crippen LogP contribution is -2.36. The number of nitrogens with zero attached hydrogens (tertiary/aromatic N) is 2. The number of aryl methyl sites for hydroxylation is 2. The summed E-state index contributed by atoms with van der Waals surface area (Å²) < 4.78 is 25.8. The Morgan fingerprint density at radius 2 is 1.65 bits per heavy atom. The first kappa shape index (κ1) is 17.0. The molecule has 0 aliphatic rings. The maximum absolute atomic E-state index is 12.1. The van der Waals surface area contributed by atoms with Gasteiger partial charge in [0.25, 0.3) is 0 Å². The Morgan fingerprint density at radius 1 is 1.15 bits per heavy atom. The molecule has 0 N–H and O–H groups in total. The minimum atomic E-state index is -3.27. The van der Waals surface area contributed by atoms with Crippen molar-refractivity contribution in [1.29, 1.82) is 0 Å². The lowest BCUT2D eigenvalue weighted by molar-refractivity contribution is 0.302. The zero-order valence-corrected chi connectivity index (χ0v) is 14.2. The van der Waals surface area contributed by atoms with E-state index in [1.54, 1.807) is 0 Å². The molecule has 0 aliphatic carbocycles. The van der Waals surface area contributed by atoms with Gasteiger partial charge < -0.3 is 4.90 Å². The number of anilines is 1. The molecule has 5 heteroatoms. The fourth-order valence-corrected chi connectivity index (χ4v) is 3.26. The minimum Gasteiger partial charge on any atom is -0.307 e. The van der Waals surface area contributed by atoms with E-state index >= 15 is 0 Å². The summed E-state index contributed by atoms with van der Waals surface area (Å²) in [4.78, 5) is 2.10. The molecule has 0 saturated heterocycles. The second kappa shape index (κ2) is 6.59. The van der Waals surface area contributed by atoms with Crippen LogP contribution in [-0.4, -0.2) is 46.3 Å². The smallest absolute Gasteiger partial charge is 0.232 e. The molecular weight excluding hydrogens is 272 g/mol. The molecule has 0 heterocycles. The lowest BCUT2D eigenvalue weighted by atomic mass is 10.1. The molecule has 4 nitrogen and oxygen atoms in total. The summed E-state index contributed by atoms with van der Waals surface area (Å²) in [5.74, 6) is 0. The van der Waals surface area contributed by atoms with Crippen LogP contribution in [0.15, 0.2) is 18.2 Å². The van der Waals surface area contributed by atoms with Gasteiger partial charge in [0.15, 0.2) is 0 Å². The van der Waals surface area contributed by atoms with Gasteiger partial charge in [-0.1, -0.05) is 18.2 Å².